The quantitative estimate of drug-likeness (QED) is 0.0145. The van der Waals surface area contributed by atoms with Crippen molar-refractivity contribution in [1.82, 2.24) is 88.0 Å². The molecule has 0 bridgehead atoms. The predicted molar refractivity (Wildman–Crippen MR) is 273 cm³/mol. The number of carbonyl (C=O) groups excluding carboxylic acids is 6. The lowest BCUT2D eigenvalue weighted by atomic mass is 9.82. The molecular weight excluding hydrogens is 1090 g/mol. The Morgan fingerprint density at radius 3 is 1.94 bits per heavy atom. The van der Waals surface area contributed by atoms with Crippen LogP contribution in [0.3, 0.4) is 0 Å². The Balaban J connectivity index is 0.000000132. The van der Waals surface area contributed by atoms with Crippen molar-refractivity contribution < 1.29 is 38.2 Å². The second-order valence-corrected chi connectivity index (χ2v) is 22.5. The molecule has 0 spiro atoms. The zero-order valence-electron chi connectivity index (χ0n) is 42.3. The van der Waals surface area contributed by atoms with Gasteiger partial charge in [-0.15, -0.1) is 26.9 Å². The lowest BCUT2D eigenvalue weighted by Gasteiger charge is -2.39. The largest absolute Gasteiger partial charge is 0.449 e. The maximum Gasteiger partial charge on any atom is 0.404 e. The topological polar surface area (TPSA) is 472 Å². The molecule has 0 aromatic carbocycles. The standard InChI is InChI=1S/C15H18N4O5.C7H7ClN6O2.C6H6N6O2.C6H10N6O.C6H12N3PS/c1-5-9(16)12(21)8-6(4-24-14(17)22)15(23-2)13-7(18-13)3-19(15)10(8)11(5)20;8-1-2-14-7(16)13-3-10-4(5(9)15)6(13)11-12-14;1-11-6(14)12-2-8-3(4(7)13)5(12)9-10-11;1-12(2)11-10-6-4(5(7)13)8-3-9-6;11-10(7-1-2-7,8-3-4-8)9-5-6-9/h6-7,13,18H,3-4,16H2,1-2H3,(H2,17,22);3H,1-2H2,(H2,9,15);2H,1H3,(H2,7,13);3H,1-2H3,(H2,7,13)(H,8,9);1-6H2/t6-,7+,13+,15-;;;;/m1..../s1. The number of H-pyrrole nitrogens is 1. The number of carbonyl (C=O) groups is 6. The monoisotopic (exact) mass is 1140 g/mol. The van der Waals surface area contributed by atoms with Crippen LogP contribution in [-0.2, 0) is 44.5 Å². The van der Waals surface area contributed by atoms with Gasteiger partial charge in [0.05, 0.1) is 36.2 Å². The van der Waals surface area contributed by atoms with E-state index in [1.807, 2.05) is 4.90 Å². The Hall–Kier alpha value is -7.99. The van der Waals surface area contributed by atoms with E-state index in [0.29, 0.717) is 12.2 Å². The number of primary amides is 4. The molecule has 416 valence electrons. The third-order valence-electron chi connectivity index (χ3n) is 12.7. The van der Waals surface area contributed by atoms with E-state index in [-0.39, 0.29) is 87.9 Å². The Kier molecular flexibility index (Phi) is 16.0. The number of ether oxygens (including phenoxy) is 2. The first-order chi connectivity index (χ1) is 37.0. The number of hydrogen-bond acceptors (Lipinski definition) is 23. The number of nitrogens with one attached hydrogen (secondary N) is 2. The lowest BCUT2D eigenvalue weighted by Crippen LogP contribution is -2.55. The van der Waals surface area contributed by atoms with Gasteiger partial charge in [0.15, 0.2) is 34.1 Å². The zero-order chi connectivity index (χ0) is 56.7. The number of nitrogens with two attached hydrogens (primary N) is 5. The number of nitrogens with zero attached hydrogens (tertiary/aromatic N) is 18. The van der Waals surface area contributed by atoms with Gasteiger partial charge < -0.3 is 53.3 Å². The number of aromatic amines is 1. The number of methoxy groups -OCH3 is 1. The molecule has 4 atom stereocenters. The molecule has 12 N–H and O–H groups in total. The average Bonchev–Trinajstić information content (AvgIpc) is 3.12. The molecular formula is C40H53ClN25O10PS. The highest BCUT2D eigenvalue weighted by molar-refractivity contribution is 8.11. The molecule has 7 aliphatic rings. The smallest absolute Gasteiger partial charge is 0.404 e. The van der Waals surface area contributed by atoms with Crippen LogP contribution in [0.5, 0.6) is 0 Å². The summed E-state index contributed by atoms with van der Waals surface area (Å²) in [5, 5.41) is 26.6. The molecule has 1 aliphatic carbocycles. The third kappa shape index (κ3) is 10.7. The number of Topliss-reactive ketones (excluding diaryl/α,β-unsaturated/α-hetero) is 2. The molecule has 0 radical (unpaired) electrons. The van der Waals surface area contributed by atoms with Crippen molar-refractivity contribution in [3.63, 3.8) is 0 Å². The fourth-order valence-electron chi connectivity index (χ4n) is 8.72. The molecule has 35 nitrogen and oxygen atoms in total. The number of piperazine rings is 1. The average molecular weight is 1140 g/mol. The van der Waals surface area contributed by atoms with Gasteiger partial charge in [0.1, 0.15) is 25.8 Å². The Morgan fingerprint density at radius 1 is 0.872 bits per heavy atom. The van der Waals surface area contributed by atoms with E-state index in [1.54, 1.807) is 14.1 Å². The highest BCUT2D eigenvalue weighted by Gasteiger charge is 2.72. The highest BCUT2D eigenvalue weighted by Crippen LogP contribution is 2.65. The number of aromatic nitrogens is 12. The van der Waals surface area contributed by atoms with Crippen molar-refractivity contribution >= 4 is 82.4 Å². The third-order valence-corrected chi connectivity index (χ3v) is 18.4. The van der Waals surface area contributed by atoms with Gasteiger partial charge in [-0.2, -0.15) is 9.36 Å². The molecule has 12 rings (SSSR count). The van der Waals surface area contributed by atoms with Gasteiger partial charge in [-0.1, -0.05) is 15.7 Å². The molecule has 11 heterocycles. The van der Waals surface area contributed by atoms with Gasteiger partial charge in [0, 0.05) is 97.1 Å². The number of allylic oxidation sites excluding steroid dienone is 2. The van der Waals surface area contributed by atoms with E-state index >= 15 is 0 Å². The van der Waals surface area contributed by atoms with Crippen LogP contribution in [-0.4, -0.2) is 215 Å². The second-order valence-electron chi connectivity index (χ2n) is 17.9. The van der Waals surface area contributed by atoms with Gasteiger partial charge in [0.25, 0.3) is 17.7 Å². The van der Waals surface area contributed by atoms with E-state index < -0.39 is 59.1 Å². The molecule has 78 heavy (non-hydrogen) atoms. The number of rotatable bonds is 13. The van der Waals surface area contributed by atoms with Crippen molar-refractivity contribution in [2.45, 2.75) is 31.3 Å². The Bertz CT molecular complexity index is 3480. The van der Waals surface area contributed by atoms with Gasteiger partial charge >= 0.3 is 17.5 Å². The Labute approximate surface area is 449 Å². The van der Waals surface area contributed by atoms with Crippen molar-refractivity contribution in [1.29, 1.82) is 0 Å². The summed E-state index contributed by atoms with van der Waals surface area (Å²) < 4.78 is 22.5. The number of fused-ring (bicyclic) bond motifs is 6. The second kappa shape index (κ2) is 22.2. The summed E-state index contributed by atoms with van der Waals surface area (Å²) in [7, 11) is 6.38. The fraction of sp³-hybridized carbons (Fsp3) is 0.475. The first-order valence-corrected chi connectivity index (χ1v) is 26.6. The molecule has 6 aliphatic heterocycles. The van der Waals surface area contributed by atoms with Crippen molar-refractivity contribution in [2.24, 2.45) is 52.0 Å². The summed E-state index contributed by atoms with van der Waals surface area (Å²) in [6, 6.07) is 0.109. The van der Waals surface area contributed by atoms with Crippen LogP contribution in [0, 0.1) is 5.92 Å². The summed E-state index contributed by atoms with van der Waals surface area (Å²) in [6.07, 6.45) is 2.75. The zero-order valence-corrected chi connectivity index (χ0v) is 44.8. The van der Waals surface area contributed by atoms with Gasteiger partial charge in [-0.3, -0.25) is 29.0 Å². The van der Waals surface area contributed by atoms with E-state index in [9.17, 15) is 38.4 Å². The summed E-state index contributed by atoms with van der Waals surface area (Å²) in [5.41, 5.74) is 25.0. The van der Waals surface area contributed by atoms with E-state index in [1.165, 1.54) is 84.3 Å². The van der Waals surface area contributed by atoms with Crippen molar-refractivity contribution in [3.8, 4) is 0 Å². The maximum atomic E-state index is 12.8. The fourth-order valence-corrected chi connectivity index (χ4v) is 13.3. The summed E-state index contributed by atoms with van der Waals surface area (Å²) in [6.45, 7) is 8.40. The molecule has 0 saturated carbocycles. The first-order valence-electron chi connectivity index (χ1n) is 23.4. The van der Waals surface area contributed by atoms with Crippen LogP contribution in [0.2, 0.25) is 0 Å². The number of imidazole rings is 3. The minimum Gasteiger partial charge on any atom is -0.449 e. The number of alkyl halides is 1. The molecule has 5 saturated heterocycles. The van der Waals surface area contributed by atoms with Crippen LogP contribution < -0.4 is 45.4 Å². The van der Waals surface area contributed by atoms with Crippen LogP contribution in [0.4, 0.5) is 10.6 Å². The highest BCUT2D eigenvalue weighted by atomic mass is 35.5. The maximum absolute atomic E-state index is 12.8. The molecule has 4 amide bonds. The molecule has 0 unspecified atom stereocenters. The van der Waals surface area contributed by atoms with Crippen LogP contribution in [0.1, 0.15) is 38.4 Å². The molecule has 5 fully saturated rings. The predicted octanol–water partition coefficient (Wildman–Crippen LogP) is -4.88. The van der Waals surface area contributed by atoms with Crippen LogP contribution in [0.15, 0.2) is 61.4 Å². The molecule has 5 aromatic rings. The first kappa shape index (κ1) is 56.2. The van der Waals surface area contributed by atoms with E-state index in [4.69, 9.17) is 61.5 Å². The number of aryl methyl sites for hydroxylation is 2. The Morgan fingerprint density at radius 2 is 1.44 bits per heavy atom. The number of ketones is 2. The van der Waals surface area contributed by atoms with Gasteiger partial charge in [-0.25, -0.2) is 52.1 Å². The van der Waals surface area contributed by atoms with E-state index in [0.717, 1.165) is 18.2 Å². The van der Waals surface area contributed by atoms with Crippen molar-refractivity contribution in [3.05, 3.63) is 79.6 Å². The summed E-state index contributed by atoms with van der Waals surface area (Å²) >= 11 is 11.2. The number of hydrogen-bond donors (Lipinski definition) is 7. The summed E-state index contributed by atoms with van der Waals surface area (Å²) in [5.74, 6) is -3.02. The molecule has 38 heteroatoms. The van der Waals surface area contributed by atoms with Crippen molar-refractivity contribution in [2.75, 3.05) is 79.5 Å². The molecule has 5 aromatic heterocycles. The number of halogens is 1. The SMILES string of the molecule is CN(C)N=Nc1nc[nH]c1C(N)=O.CO[C@@]12[C@H](COC(N)=O)C3=C(C(=O)C(C)=C(N)C3=O)N1C[C@@H]1N[C@@H]12.Cn1nnc2c(C(N)=O)ncn2c1=O.NC(=O)c1ncn2c(=O)n(CCCl)nnc12.S=P(N1CC1)(N1CC1)N1CC1. The van der Waals surface area contributed by atoms with Crippen LogP contribution >= 0.6 is 18.1 Å². The summed E-state index contributed by atoms with van der Waals surface area (Å²) in [4.78, 5) is 108. The number of amides is 4. The minimum absolute atomic E-state index is 0.0447. The van der Waals surface area contributed by atoms with E-state index in [2.05, 4.69) is 70.2 Å². The minimum atomic E-state index is -1.27. The normalized spacial score (nSPS) is 21.8. The lowest BCUT2D eigenvalue weighted by molar-refractivity contribution is -0.137. The van der Waals surface area contributed by atoms with Gasteiger partial charge in [-0.05, 0) is 18.7 Å². The van der Waals surface area contributed by atoms with Gasteiger partial charge in [0.2, 0.25) is 17.4 Å². The van der Waals surface area contributed by atoms with Crippen LogP contribution in [0.25, 0.3) is 11.3 Å².